The number of aryl methyl sites for hydroxylation is 2. The fraction of sp³-hybridized carbons (Fsp3) is 0.160. The van der Waals surface area contributed by atoms with Crippen LogP contribution in [0.3, 0.4) is 0 Å². The number of nitrogens with zero attached hydrogens (tertiary/aromatic N) is 1. The smallest absolute Gasteiger partial charge is 0.339 e. The molecule has 4 rings (SSSR count). The highest BCUT2D eigenvalue weighted by Crippen LogP contribution is 2.25. The third-order valence-electron chi connectivity index (χ3n) is 5.13. The van der Waals surface area contributed by atoms with Crippen molar-refractivity contribution < 1.29 is 14.3 Å². The standard InChI is InChI=1S/C25H23N3O3/c1-3-17-10-8-9-16(2)23(17)28-22(29)15-31-25(30)19-12-5-4-11-18(19)24-26-20-13-6-7-14-21(20)27-24/h4-14H,3,15H2,1-2H3,(H,26,27)(H,28,29). The Morgan fingerprint density at radius 3 is 2.58 bits per heavy atom. The van der Waals surface area contributed by atoms with Crippen LogP contribution in [0.5, 0.6) is 0 Å². The topological polar surface area (TPSA) is 84.1 Å². The van der Waals surface area contributed by atoms with Crippen molar-refractivity contribution in [2.45, 2.75) is 20.3 Å². The van der Waals surface area contributed by atoms with Crippen LogP contribution in [0.15, 0.2) is 66.7 Å². The van der Waals surface area contributed by atoms with Crippen molar-refractivity contribution in [1.82, 2.24) is 9.97 Å². The lowest BCUT2D eigenvalue weighted by atomic mass is 10.1. The van der Waals surface area contributed by atoms with E-state index in [-0.39, 0.29) is 12.5 Å². The summed E-state index contributed by atoms with van der Waals surface area (Å²) in [7, 11) is 0. The molecule has 3 aromatic carbocycles. The molecule has 0 aliphatic heterocycles. The summed E-state index contributed by atoms with van der Waals surface area (Å²) in [6.07, 6.45) is 0.794. The van der Waals surface area contributed by atoms with Gasteiger partial charge in [0.05, 0.1) is 16.6 Å². The molecule has 2 N–H and O–H groups in total. The van der Waals surface area contributed by atoms with Gasteiger partial charge < -0.3 is 15.0 Å². The number of anilines is 1. The van der Waals surface area contributed by atoms with E-state index in [1.54, 1.807) is 18.2 Å². The van der Waals surface area contributed by atoms with Gasteiger partial charge in [-0.1, -0.05) is 55.5 Å². The Kier molecular flexibility index (Phi) is 5.80. The normalized spacial score (nSPS) is 10.8. The maximum Gasteiger partial charge on any atom is 0.339 e. The lowest BCUT2D eigenvalue weighted by Crippen LogP contribution is -2.22. The summed E-state index contributed by atoms with van der Waals surface area (Å²) in [5, 5.41) is 2.87. The summed E-state index contributed by atoms with van der Waals surface area (Å²) < 4.78 is 5.32. The van der Waals surface area contributed by atoms with E-state index in [9.17, 15) is 9.59 Å². The number of benzene rings is 3. The lowest BCUT2D eigenvalue weighted by molar-refractivity contribution is -0.119. The van der Waals surface area contributed by atoms with Crippen LogP contribution in [0.4, 0.5) is 5.69 Å². The number of nitrogens with one attached hydrogen (secondary N) is 2. The number of esters is 1. The Balaban J connectivity index is 1.49. The molecule has 0 atom stereocenters. The molecule has 31 heavy (non-hydrogen) atoms. The number of ether oxygens (including phenoxy) is 1. The average Bonchev–Trinajstić information content (AvgIpc) is 3.23. The Hall–Kier alpha value is -3.93. The molecule has 156 valence electrons. The number of hydrogen-bond donors (Lipinski definition) is 2. The first-order valence-corrected chi connectivity index (χ1v) is 10.2. The molecule has 0 unspecified atom stereocenters. The van der Waals surface area contributed by atoms with E-state index in [2.05, 4.69) is 15.3 Å². The number of fused-ring (bicyclic) bond motifs is 1. The monoisotopic (exact) mass is 413 g/mol. The highest BCUT2D eigenvalue weighted by Gasteiger charge is 2.18. The fourth-order valence-corrected chi connectivity index (χ4v) is 3.53. The number of carbonyl (C=O) groups is 2. The Bertz CT molecular complexity index is 1230. The minimum Gasteiger partial charge on any atom is -0.452 e. The summed E-state index contributed by atoms with van der Waals surface area (Å²) in [5.74, 6) is -0.379. The number of aromatic nitrogens is 2. The van der Waals surface area contributed by atoms with Crippen molar-refractivity contribution in [2.24, 2.45) is 0 Å². The van der Waals surface area contributed by atoms with E-state index < -0.39 is 5.97 Å². The van der Waals surface area contributed by atoms with Gasteiger partial charge in [-0.05, 0) is 42.7 Å². The van der Waals surface area contributed by atoms with Gasteiger partial charge in [-0.25, -0.2) is 9.78 Å². The molecular formula is C25H23N3O3. The van der Waals surface area contributed by atoms with Gasteiger partial charge in [0.2, 0.25) is 0 Å². The molecular weight excluding hydrogens is 390 g/mol. The molecule has 0 aliphatic carbocycles. The van der Waals surface area contributed by atoms with Gasteiger partial charge in [-0.15, -0.1) is 0 Å². The number of aromatic amines is 1. The Morgan fingerprint density at radius 2 is 1.77 bits per heavy atom. The number of para-hydroxylation sites is 3. The second-order valence-corrected chi connectivity index (χ2v) is 7.24. The minimum atomic E-state index is -0.577. The second-order valence-electron chi connectivity index (χ2n) is 7.24. The second kappa shape index (κ2) is 8.83. The van der Waals surface area contributed by atoms with Crippen LogP contribution in [0, 0.1) is 6.92 Å². The molecule has 1 amide bonds. The van der Waals surface area contributed by atoms with Crippen molar-refractivity contribution in [3.05, 3.63) is 83.4 Å². The molecule has 4 aromatic rings. The van der Waals surface area contributed by atoms with E-state index in [1.165, 1.54) is 0 Å². The molecule has 0 saturated carbocycles. The fourth-order valence-electron chi connectivity index (χ4n) is 3.53. The van der Waals surface area contributed by atoms with Crippen molar-refractivity contribution >= 4 is 28.6 Å². The molecule has 0 saturated heterocycles. The summed E-state index contributed by atoms with van der Waals surface area (Å²) in [5.41, 5.74) is 5.43. The summed E-state index contributed by atoms with van der Waals surface area (Å²) in [6.45, 7) is 3.59. The highest BCUT2D eigenvalue weighted by molar-refractivity contribution is 5.99. The molecule has 1 heterocycles. The number of H-pyrrole nitrogens is 1. The van der Waals surface area contributed by atoms with Gasteiger partial charge in [0.25, 0.3) is 5.91 Å². The predicted molar refractivity (Wildman–Crippen MR) is 121 cm³/mol. The predicted octanol–water partition coefficient (Wildman–Crippen LogP) is 4.90. The van der Waals surface area contributed by atoms with Crippen LogP contribution in [-0.4, -0.2) is 28.5 Å². The third-order valence-corrected chi connectivity index (χ3v) is 5.13. The Morgan fingerprint density at radius 1 is 1.00 bits per heavy atom. The van der Waals surface area contributed by atoms with Gasteiger partial charge in [-0.2, -0.15) is 0 Å². The van der Waals surface area contributed by atoms with Crippen LogP contribution in [0.2, 0.25) is 0 Å². The summed E-state index contributed by atoms with van der Waals surface area (Å²) in [6, 6.07) is 20.6. The van der Waals surface area contributed by atoms with Crippen LogP contribution in [0.25, 0.3) is 22.4 Å². The number of carbonyl (C=O) groups excluding carboxylic acids is 2. The number of amides is 1. The first-order valence-electron chi connectivity index (χ1n) is 10.2. The van der Waals surface area contributed by atoms with E-state index in [0.717, 1.165) is 34.3 Å². The van der Waals surface area contributed by atoms with E-state index in [1.807, 2.05) is 62.4 Å². The molecule has 0 aliphatic rings. The SMILES string of the molecule is CCc1cccc(C)c1NC(=O)COC(=O)c1ccccc1-c1nc2ccccc2[nH]1. The zero-order chi connectivity index (χ0) is 21.8. The molecule has 0 fully saturated rings. The lowest BCUT2D eigenvalue weighted by Gasteiger charge is -2.13. The van der Waals surface area contributed by atoms with Gasteiger partial charge in [0.1, 0.15) is 5.82 Å². The van der Waals surface area contributed by atoms with Crippen molar-refractivity contribution in [3.8, 4) is 11.4 Å². The Labute approximate surface area is 180 Å². The van der Waals surface area contributed by atoms with Crippen molar-refractivity contribution in [3.63, 3.8) is 0 Å². The molecule has 1 aromatic heterocycles. The van der Waals surface area contributed by atoms with Gasteiger partial charge in [0, 0.05) is 11.3 Å². The van der Waals surface area contributed by atoms with Crippen LogP contribution >= 0.6 is 0 Å². The van der Waals surface area contributed by atoms with Crippen molar-refractivity contribution in [1.29, 1.82) is 0 Å². The summed E-state index contributed by atoms with van der Waals surface area (Å²) in [4.78, 5) is 33.0. The number of hydrogen-bond acceptors (Lipinski definition) is 4. The highest BCUT2D eigenvalue weighted by atomic mass is 16.5. The zero-order valence-corrected chi connectivity index (χ0v) is 17.4. The van der Waals surface area contributed by atoms with Gasteiger partial charge >= 0.3 is 5.97 Å². The first-order chi connectivity index (χ1) is 15.1. The third kappa shape index (κ3) is 4.33. The molecule has 0 bridgehead atoms. The number of imidazole rings is 1. The summed E-state index contributed by atoms with van der Waals surface area (Å²) >= 11 is 0. The maximum atomic E-state index is 12.8. The minimum absolute atomic E-state index is 0.347. The molecule has 0 spiro atoms. The molecule has 0 radical (unpaired) electrons. The largest absolute Gasteiger partial charge is 0.452 e. The van der Waals surface area contributed by atoms with E-state index in [4.69, 9.17) is 4.74 Å². The average molecular weight is 413 g/mol. The molecule has 6 heteroatoms. The zero-order valence-electron chi connectivity index (χ0n) is 17.4. The van der Waals surface area contributed by atoms with Crippen LogP contribution < -0.4 is 5.32 Å². The van der Waals surface area contributed by atoms with Gasteiger partial charge in [0.15, 0.2) is 6.61 Å². The first kappa shape index (κ1) is 20.3. The van der Waals surface area contributed by atoms with Gasteiger partial charge in [-0.3, -0.25) is 4.79 Å². The maximum absolute atomic E-state index is 12.8. The van der Waals surface area contributed by atoms with E-state index in [0.29, 0.717) is 17.0 Å². The molecule has 6 nitrogen and oxygen atoms in total. The van der Waals surface area contributed by atoms with Crippen LogP contribution in [-0.2, 0) is 16.0 Å². The number of rotatable bonds is 6. The quantitative estimate of drug-likeness (QED) is 0.441. The van der Waals surface area contributed by atoms with Crippen LogP contribution in [0.1, 0.15) is 28.4 Å². The van der Waals surface area contributed by atoms with Crippen molar-refractivity contribution in [2.75, 3.05) is 11.9 Å². The van der Waals surface area contributed by atoms with E-state index >= 15 is 0 Å².